The van der Waals surface area contributed by atoms with E-state index < -0.39 is 45.7 Å². The zero-order valence-electron chi connectivity index (χ0n) is 27.2. The molecule has 9 atom stereocenters. The van der Waals surface area contributed by atoms with Gasteiger partial charge in [-0.1, -0.05) is 13.8 Å². The Hall–Kier alpha value is 1.67. The Morgan fingerprint density at radius 1 is 0.875 bits per heavy atom. The summed E-state index contributed by atoms with van der Waals surface area (Å²) in [5.74, 6) is 0.489. The van der Waals surface area contributed by atoms with Gasteiger partial charge < -0.3 is 43.9 Å². The monoisotopic (exact) mass is 742 g/mol. The minimum absolute atomic E-state index is 0. The first kappa shape index (κ1) is 41.7. The Morgan fingerprint density at radius 3 is 1.82 bits per heavy atom. The van der Waals surface area contributed by atoms with Crippen molar-refractivity contribution in [3.05, 3.63) is 6.61 Å². The van der Waals surface area contributed by atoms with Crippen LogP contribution in [0.2, 0.25) is 0 Å². The van der Waals surface area contributed by atoms with Crippen LogP contribution < -0.4 is 0 Å². The maximum absolute atomic E-state index is 12.4. The molecule has 40 heavy (non-hydrogen) atoms. The van der Waals surface area contributed by atoms with Crippen molar-refractivity contribution in [2.75, 3.05) is 26.5 Å². The number of aliphatic hydroxyl groups excluding tert-OH is 2. The van der Waals surface area contributed by atoms with Gasteiger partial charge in [-0.05, 0) is 66.9 Å². The molecule has 2 aliphatic rings. The molecule has 236 valence electrons. The predicted molar refractivity (Wildman–Crippen MR) is 157 cm³/mol. The van der Waals surface area contributed by atoms with Crippen molar-refractivity contribution in [3.63, 3.8) is 0 Å². The second-order valence-electron chi connectivity index (χ2n) is 11.6. The van der Waals surface area contributed by atoms with E-state index in [1.54, 1.807) is 20.8 Å². The number of aliphatic hydroxyl groups is 2. The summed E-state index contributed by atoms with van der Waals surface area (Å²) in [5, 5.41) is 20.2. The van der Waals surface area contributed by atoms with Crippen LogP contribution in [0.15, 0.2) is 0 Å². The van der Waals surface area contributed by atoms with E-state index >= 15 is 0 Å². The van der Waals surface area contributed by atoms with Crippen molar-refractivity contribution in [1.29, 1.82) is 0 Å². The Kier molecular flexibility index (Phi) is 20.0. The molecule has 9 unspecified atom stereocenters. The van der Waals surface area contributed by atoms with Gasteiger partial charge in [0, 0.05) is 25.9 Å². The molecule has 0 aromatic rings. The van der Waals surface area contributed by atoms with E-state index in [1.165, 1.54) is 19.9 Å². The van der Waals surface area contributed by atoms with E-state index in [0.29, 0.717) is 12.5 Å². The molecule has 2 fully saturated rings. The van der Waals surface area contributed by atoms with Gasteiger partial charge in [-0.25, -0.2) is 0 Å². The van der Waals surface area contributed by atoms with Crippen LogP contribution in [0.4, 0.5) is 0 Å². The summed E-state index contributed by atoms with van der Waals surface area (Å²) in [5.41, 5.74) is 0. The van der Waals surface area contributed by atoms with Crippen LogP contribution in [-0.4, -0.2) is 141 Å². The second-order valence-corrected chi connectivity index (χ2v) is 15.5. The topological polar surface area (TPSA) is 139 Å². The molecule has 0 aromatic carbocycles. The molecule has 0 radical (unpaired) electrons. The van der Waals surface area contributed by atoms with Crippen molar-refractivity contribution in [2.24, 2.45) is 11.8 Å². The van der Waals surface area contributed by atoms with Gasteiger partial charge in [-0.15, -0.1) is 0 Å². The van der Waals surface area contributed by atoms with Gasteiger partial charge in [0.2, 0.25) is 0 Å². The first-order chi connectivity index (χ1) is 17.8. The second kappa shape index (κ2) is 19.2. The Labute approximate surface area is 283 Å². The van der Waals surface area contributed by atoms with Crippen LogP contribution in [0, 0.1) is 18.4 Å². The maximum Gasteiger partial charge on any atom is 2.00 e. The van der Waals surface area contributed by atoms with Gasteiger partial charge in [0.25, 0.3) is 0 Å². The third-order valence-electron chi connectivity index (χ3n) is 5.71. The number of rotatable bonds is 12. The quantitative estimate of drug-likeness (QED) is 0.163. The van der Waals surface area contributed by atoms with Crippen molar-refractivity contribution in [2.45, 2.75) is 124 Å². The minimum atomic E-state index is -3.25. The van der Waals surface area contributed by atoms with Gasteiger partial charge in [0.15, 0.2) is 0 Å². The molecule has 2 N–H and O–H groups in total. The average molecular weight is 742 g/mol. The van der Waals surface area contributed by atoms with Crippen molar-refractivity contribution >= 4 is 64.1 Å². The fourth-order valence-corrected chi connectivity index (χ4v) is 7.54. The maximum atomic E-state index is 12.4. The number of hydrogen-bond acceptors (Lipinski definition) is 11. The van der Waals surface area contributed by atoms with E-state index in [9.17, 15) is 19.3 Å². The van der Waals surface area contributed by atoms with Crippen LogP contribution in [0.1, 0.15) is 70.2 Å². The molecule has 11 nitrogen and oxygen atoms in total. The van der Waals surface area contributed by atoms with E-state index in [2.05, 4.69) is 13.8 Å². The van der Waals surface area contributed by atoms with Gasteiger partial charge in [-0.2, -0.15) is 6.61 Å². The zero-order chi connectivity index (χ0) is 30.1. The Bertz CT molecular complexity index is 805. The van der Waals surface area contributed by atoms with Gasteiger partial charge >= 0.3 is 64.1 Å². The summed E-state index contributed by atoms with van der Waals surface area (Å²) in [4.78, 5) is 0. The largest absolute Gasteiger partial charge is 2.00 e. The van der Waals surface area contributed by atoms with Crippen LogP contribution in [0.3, 0.4) is 0 Å². The molecule has 0 amide bonds. The smallest absolute Gasteiger partial charge is 1.00 e. The van der Waals surface area contributed by atoms with E-state index in [0.717, 1.165) is 6.42 Å². The molecule has 2 aliphatic heterocycles. The Morgan fingerprint density at radius 2 is 1.38 bits per heavy atom. The van der Waals surface area contributed by atoms with Crippen LogP contribution >= 0.6 is 15.2 Å². The van der Waals surface area contributed by atoms with Crippen LogP contribution in [-0.2, 0) is 41.4 Å². The predicted octanol–water partition coefficient (Wildman–Crippen LogP) is 4.76. The average Bonchev–Trinajstić information content (AvgIpc) is 2.74. The minimum Gasteiger partial charge on any atom is -1.00 e. The van der Waals surface area contributed by atoms with E-state index in [4.69, 9.17) is 32.3 Å². The molecule has 0 aliphatic carbocycles. The molecule has 0 saturated carbocycles. The number of hydrogen-bond donors (Lipinski definition) is 2. The van der Waals surface area contributed by atoms with Crippen LogP contribution in [0.25, 0.3) is 0 Å². The third-order valence-corrected chi connectivity index (χ3v) is 8.57. The fourth-order valence-electron chi connectivity index (χ4n) is 4.47. The van der Waals surface area contributed by atoms with Gasteiger partial charge in [-0.3, -0.25) is 9.13 Å². The van der Waals surface area contributed by atoms with Gasteiger partial charge in [0.05, 0.1) is 37.1 Å². The summed E-state index contributed by atoms with van der Waals surface area (Å²) >= 11 is 0. The third kappa shape index (κ3) is 16.1. The Balaban J connectivity index is 0. The molecule has 0 aromatic heterocycles. The number of ether oxygens (including phenoxy) is 3. The molecular weight excluding hydrogens is 688 g/mol. The first-order valence-electron chi connectivity index (χ1n) is 13.8. The zero-order valence-corrected chi connectivity index (χ0v) is 32.4. The van der Waals surface area contributed by atoms with Crippen molar-refractivity contribution in [3.8, 4) is 0 Å². The first-order valence-corrected chi connectivity index (χ1v) is 17.8. The normalized spacial score (nSPS) is 32.3. The molecular formula is C26H54BaO11P2. The van der Waals surface area contributed by atoms with E-state index in [-0.39, 0.29) is 87.2 Å². The van der Waals surface area contributed by atoms with Crippen molar-refractivity contribution < 1.29 is 53.1 Å². The standard InChI is InChI=1S/C14H29O5P.C12H24O6P.Ba.H/c1-9(2)7-12-8-17-11(5)13(15)14(12)19-20(6,16)18-10(3)4;1-8(2)16-11-7-15-6-10(13)12(11)18-19(5,14)17-9(3)4;;/h9-15H,7-8H2,1-6H3;6,8-13H,7H2,1-5H3;;/q;-1;+2;-1. The van der Waals surface area contributed by atoms with E-state index in [1.807, 2.05) is 27.7 Å². The summed E-state index contributed by atoms with van der Waals surface area (Å²) in [6.07, 6.45) is -3.43. The summed E-state index contributed by atoms with van der Waals surface area (Å²) in [7, 11) is -6.43. The summed E-state index contributed by atoms with van der Waals surface area (Å²) in [6, 6.07) is 0. The summed E-state index contributed by atoms with van der Waals surface area (Å²) in [6.45, 7) is 21.8. The molecule has 0 bridgehead atoms. The molecule has 2 rings (SSSR count). The molecule has 0 spiro atoms. The fraction of sp³-hybridized carbons (Fsp3) is 0.962. The van der Waals surface area contributed by atoms with Crippen LogP contribution in [0.5, 0.6) is 0 Å². The molecule has 2 saturated heterocycles. The molecule has 2 heterocycles. The SMILES string of the molecule is CC(C)CC1COC(C)C(O)C1OP(C)(=O)OC(C)C.CC(C)OC1CO[CH-]C(O)C1OP(C)(=O)OC(C)C.[Ba+2].[H-]. The summed E-state index contributed by atoms with van der Waals surface area (Å²) < 4.78 is 62.6. The van der Waals surface area contributed by atoms with Gasteiger partial charge in [0.1, 0.15) is 18.3 Å². The molecule has 14 heteroatoms. The van der Waals surface area contributed by atoms with Crippen molar-refractivity contribution in [1.82, 2.24) is 0 Å².